The molecule has 0 saturated heterocycles. The molecule has 2 nitrogen and oxygen atoms in total. The molecule has 6 heteroatoms. The SMILES string of the molecule is Cc1nc(Br)ccc1NC(C)CCCC(F)(F)F. The van der Waals surface area contributed by atoms with Gasteiger partial charge in [-0.05, 0) is 54.8 Å². The van der Waals surface area contributed by atoms with Crippen LogP contribution in [0, 0.1) is 6.92 Å². The molecular formula is C12H16BrF3N2. The topological polar surface area (TPSA) is 24.9 Å². The third kappa shape index (κ3) is 5.71. The zero-order valence-corrected chi connectivity index (χ0v) is 11.9. The zero-order chi connectivity index (χ0) is 13.8. The predicted octanol–water partition coefficient (Wildman–Crippen LogP) is 4.69. The maximum atomic E-state index is 12.0. The number of aromatic nitrogens is 1. The molecule has 1 unspecified atom stereocenters. The van der Waals surface area contributed by atoms with Gasteiger partial charge in [0.1, 0.15) is 4.60 Å². The van der Waals surface area contributed by atoms with E-state index in [1.54, 1.807) is 6.07 Å². The van der Waals surface area contributed by atoms with Gasteiger partial charge in [0.15, 0.2) is 0 Å². The fourth-order valence-corrected chi connectivity index (χ4v) is 2.03. The van der Waals surface area contributed by atoms with Crippen LogP contribution >= 0.6 is 15.9 Å². The molecule has 18 heavy (non-hydrogen) atoms. The molecule has 0 aliphatic heterocycles. The molecule has 0 aromatic carbocycles. The van der Waals surface area contributed by atoms with Gasteiger partial charge in [-0.1, -0.05) is 0 Å². The highest BCUT2D eigenvalue weighted by atomic mass is 79.9. The molecule has 1 N–H and O–H groups in total. The van der Waals surface area contributed by atoms with Crippen molar-refractivity contribution in [3.63, 3.8) is 0 Å². The summed E-state index contributed by atoms with van der Waals surface area (Å²) in [6.45, 7) is 3.73. The summed E-state index contributed by atoms with van der Waals surface area (Å²) in [6, 6.07) is 3.67. The Hall–Kier alpha value is -0.780. The highest BCUT2D eigenvalue weighted by Gasteiger charge is 2.26. The van der Waals surface area contributed by atoms with Crippen LogP contribution in [0.3, 0.4) is 0 Å². The summed E-state index contributed by atoms with van der Waals surface area (Å²) in [5.41, 5.74) is 1.68. The monoisotopic (exact) mass is 324 g/mol. The molecule has 1 rings (SSSR count). The van der Waals surface area contributed by atoms with E-state index in [1.165, 1.54) is 0 Å². The number of alkyl halides is 3. The quantitative estimate of drug-likeness (QED) is 0.795. The summed E-state index contributed by atoms with van der Waals surface area (Å²) in [7, 11) is 0. The number of hydrogen-bond donors (Lipinski definition) is 1. The first-order valence-corrected chi connectivity index (χ1v) is 6.53. The number of nitrogens with zero attached hydrogens (tertiary/aromatic N) is 1. The summed E-state index contributed by atoms with van der Waals surface area (Å²) in [4.78, 5) is 4.22. The van der Waals surface area contributed by atoms with Gasteiger partial charge in [0, 0.05) is 12.5 Å². The van der Waals surface area contributed by atoms with Crippen LogP contribution in [0.2, 0.25) is 0 Å². The molecule has 1 aromatic heterocycles. The first-order chi connectivity index (χ1) is 8.28. The average Bonchev–Trinajstić information content (AvgIpc) is 2.20. The van der Waals surface area contributed by atoms with Crippen molar-refractivity contribution < 1.29 is 13.2 Å². The Morgan fingerprint density at radius 1 is 1.39 bits per heavy atom. The van der Waals surface area contributed by atoms with Crippen LogP contribution in [0.1, 0.15) is 31.9 Å². The second-order valence-electron chi connectivity index (χ2n) is 4.32. The minimum atomic E-state index is -4.06. The van der Waals surface area contributed by atoms with Crippen LogP contribution < -0.4 is 5.32 Å². The molecule has 0 aliphatic carbocycles. The minimum Gasteiger partial charge on any atom is -0.381 e. The maximum Gasteiger partial charge on any atom is 0.389 e. The Kier molecular flexibility index (Phi) is 5.44. The average molecular weight is 325 g/mol. The van der Waals surface area contributed by atoms with E-state index in [0.29, 0.717) is 6.42 Å². The Labute approximate surface area is 113 Å². The van der Waals surface area contributed by atoms with E-state index in [2.05, 4.69) is 26.2 Å². The van der Waals surface area contributed by atoms with E-state index >= 15 is 0 Å². The van der Waals surface area contributed by atoms with Crippen LogP contribution in [0.5, 0.6) is 0 Å². The molecule has 0 aliphatic rings. The fraction of sp³-hybridized carbons (Fsp3) is 0.583. The lowest BCUT2D eigenvalue weighted by Gasteiger charge is -2.17. The van der Waals surface area contributed by atoms with Gasteiger partial charge in [0.05, 0.1) is 11.4 Å². The summed E-state index contributed by atoms with van der Waals surface area (Å²) in [5.74, 6) is 0. The van der Waals surface area contributed by atoms with Crippen molar-refractivity contribution in [1.29, 1.82) is 0 Å². The van der Waals surface area contributed by atoms with Crippen molar-refractivity contribution in [1.82, 2.24) is 4.98 Å². The molecule has 0 amide bonds. The number of rotatable bonds is 5. The lowest BCUT2D eigenvalue weighted by atomic mass is 10.1. The first-order valence-electron chi connectivity index (χ1n) is 5.74. The van der Waals surface area contributed by atoms with E-state index in [0.717, 1.165) is 16.0 Å². The number of nitrogens with one attached hydrogen (secondary N) is 1. The normalized spacial score (nSPS) is 13.4. The van der Waals surface area contributed by atoms with Gasteiger partial charge in [-0.15, -0.1) is 0 Å². The number of anilines is 1. The van der Waals surface area contributed by atoms with E-state index in [-0.39, 0.29) is 12.5 Å². The molecule has 0 fully saturated rings. The zero-order valence-electron chi connectivity index (χ0n) is 10.3. The smallest absolute Gasteiger partial charge is 0.381 e. The molecule has 1 atom stereocenters. The molecule has 0 spiro atoms. The largest absolute Gasteiger partial charge is 0.389 e. The second kappa shape index (κ2) is 6.41. The molecule has 0 bridgehead atoms. The number of pyridine rings is 1. The molecule has 1 aromatic rings. The van der Waals surface area contributed by atoms with Crippen molar-refractivity contribution in [2.45, 2.75) is 45.3 Å². The van der Waals surface area contributed by atoms with Gasteiger partial charge in [-0.25, -0.2) is 4.98 Å². The third-order valence-corrected chi connectivity index (χ3v) is 2.99. The Morgan fingerprint density at radius 2 is 2.06 bits per heavy atom. The van der Waals surface area contributed by atoms with Gasteiger partial charge < -0.3 is 5.32 Å². The van der Waals surface area contributed by atoms with Crippen LogP contribution in [-0.4, -0.2) is 17.2 Å². The Bertz CT molecular complexity index is 393. The van der Waals surface area contributed by atoms with Crippen molar-refractivity contribution in [3.8, 4) is 0 Å². The van der Waals surface area contributed by atoms with Gasteiger partial charge in [-0.2, -0.15) is 13.2 Å². The van der Waals surface area contributed by atoms with Crippen LogP contribution in [-0.2, 0) is 0 Å². The number of hydrogen-bond acceptors (Lipinski definition) is 2. The predicted molar refractivity (Wildman–Crippen MR) is 69.7 cm³/mol. The molecular weight excluding hydrogens is 309 g/mol. The molecule has 0 saturated carbocycles. The van der Waals surface area contributed by atoms with E-state index < -0.39 is 12.6 Å². The highest BCUT2D eigenvalue weighted by Crippen LogP contribution is 2.23. The van der Waals surface area contributed by atoms with E-state index in [9.17, 15) is 13.2 Å². The molecule has 0 radical (unpaired) electrons. The number of aryl methyl sites for hydroxylation is 1. The fourth-order valence-electron chi connectivity index (χ4n) is 1.63. The molecule has 1 heterocycles. The summed E-state index contributed by atoms with van der Waals surface area (Å²) < 4.78 is 36.8. The summed E-state index contributed by atoms with van der Waals surface area (Å²) in [6.07, 6.45) is -4.17. The van der Waals surface area contributed by atoms with Crippen LogP contribution in [0.15, 0.2) is 16.7 Å². The van der Waals surface area contributed by atoms with Gasteiger partial charge in [0.2, 0.25) is 0 Å². The van der Waals surface area contributed by atoms with Crippen molar-refractivity contribution >= 4 is 21.6 Å². The number of halogens is 4. The van der Waals surface area contributed by atoms with Crippen molar-refractivity contribution in [2.24, 2.45) is 0 Å². The Morgan fingerprint density at radius 3 is 2.61 bits per heavy atom. The van der Waals surface area contributed by atoms with Gasteiger partial charge >= 0.3 is 6.18 Å². The standard InChI is InChI=1S/C12H16BrF3N2/c1-8(4-3-7-12(14,15)16)17-10-5-6-11(13)18-9(10)2/h5-6,8,17H,3-4,7H2,1-2H3. The first kappa shape index (κ1) is 15.3. The van der Waals surface area contributed by atoms with Crippen LogP contribution in [0.4, 0.5) is 18.9 Å². The van der Waals surface area contributed by atoms with Crippen LogP contribution in [0.25, 0.3) is 0 Å². The maximum absolute atomic E-state index is 12.0. The van der Waals surface area contributed by atoms with Gasteiger partial charge in [0.25, 0.3) is 0 Å². The second-order valence-corrected chi connectivity index (χ2v) is 5.13. The Balaban J connectivity index is 2.42. The summed E-state index contributed by atoms with van der Waals surface area (Å²) in [5, 5.41) is 3.17. The van der Waals surface area contributed by atoms with E-state index in [1.807, 2.05) is 19.9 Å². The minimum absolute atomic E-state index is 0.00553. The van der Waals surface area contributed by atoms with Crippen molar-refractivity contribution in [2.75, 3.05) is 5.32 Å². The summed E-state index contributed by atoms with van der Waals surface area (Å²) >= 11 is 3.26. The van der Waals surface area contributed by atoms with Crippen molar-refractivity contribution in [3.05, 3.63) is 22.4 Å². The highest BCUT2D eigenvalue weighted by molar-refractivity contribution is 9.10. The molecule has 102 valence electrons. The lowest BCUT2D eigenvalue weighted by molar-refractivity contribution is -0.135. The van der Waals surface area contributed by atoms with E-state index in [4.69, 9.17) is 0 Å². The van der Waals surface area contributed by atoms with Gasteiger partial charge in [-0.3, -0.25) is 0 Å². The third-order valence-electron chi connectivity index (χ3n) is 2.55. The lowest BCUT2D eigenvalue weighted by Crippen LogP contribution is -2.17.